The van der Waals surface area contributed by atoms with Gasteiger partial charge in [0.05, 0.1) is 5.52 Å². The van der Waals surface area contributed by atoms with Crippen LogP contribution in [0.5, 0.6) is 0 Å². The molecule has 1 saturated heterocycles. The minimum atomic E-state index is -0.516. The van der Waals surface area contributed by atoms with E-state index in [1.165, 1.54) is 10.1 Å². The summed E-state index contributed by atoms with van der Waals surface area (Å²) in [6.45, 7) is 6.28. The lowest BCUT2D eigenvalue weighted by Crippen LogP contribution is -2.50. The molecule has 0 spiro atoms. The van der Waals surface area contributed by atoms with E-state index in [0.717, 1.165) is 17.3 Å². The summed E-state index contributed by atoms with van der Waals surface area (Å²) in [4.78, 5) is 38.2. The molecule has 3 heterocycles. The lowest BCUT2D eigenvalue weighted by Gasteiger charge is -2.35. The molecule has 2 aromatic carbocycles. The Bertz CT molecular complexity index is 1380. The molecular formula is C25H26N6O3. The fourth-order valence-electron chi connectivity index (χ4n) is 4.15. The van der Waals surface area contributed by atoms with E-state index >= 15 is 0 Å². The number of piperazine rings is 1. The molecule has 9 nitrogen and oxygen atoms in total. The summed E-state index contributed by atoms with van der Waals surface area (Å²) in [6, 6.07) is 17.2. The van der Waals surface area contributed by atoms with Crippen molar-refractivity contribution in [3.63, 3.8) is 0 Å². The van der Waals surface area contributed by atoms with Gasteiger partial charge in [-0.1, -0.05) is 29.8 Å². The smallest absolute Gasteiger partial charge is 0.408 e. The molecule has 0 saturated carbocycles. The van der Waals surface area contributed by atoms with Crippen molar-refractivity contribution in [1.82, 2.24) is 19.4 Å². The van der Waals surface area contributed by atoms with Gasteiger partial charge in [0.15, 0.2) is 5.58 Å². The molecule has 2 aromatic heterocycles. The van der Waals surface area contributed by atoms with Crippen molar-refractivity contribution in [2.45, 2.75) is 20.4 Å². The average molecular weight is 459 g/mol. The van der Waals surface area contributed by atoms with Crippen molar-refractivity contribution in [3.05, 3.63) is 76.5 Å². The van der Waals surface area contributed by atoms with Crippen LogP contribution in [0.3, 0.4) is 0 Å². The van der Waals surface area contributed by atoms with E-state index in [9.17, 15) is 9.59 Å². The molecule has 5 rings (SSSR count). The summed E-state index contributed by atoms with van der Waals surface area (Å²) in [5, 5.41) is 3.34. The number of oxazole rings is 1. The normalized spacial score (nSPS) is 13.9. The average Bonchev–Trinajstić information content (AvgIpc) is 3.15. The maximum atomic E-state index is 12.9. The lowest BCUT2D eigenvalue weighted by atomic mass is 10.2. The second kappa shape index (κ2) is 9.01. The number of anilines is 3. The Labute approximate surface area is 196 Å². The molecule has 0 bridgehead atoms. The number of nitrogens with zero attached hydrogens (tertiary/aromatic N) is 5. The van der Waals surface area contributed by atoms with Gasteiger partial charge in [-0.15, -0.1) is 0 Å². The number of benzene rings is 2. The van der Waals surface area contributed by atoms with Gasteiger partial charge in [0.25, 0.3) is 0 Å². The van der Waals surface area contributed by atoms with Crippen LogP contribution < -0.4 is 16.0 Å². The van der Waals surface area contributed by atoms with Crippen LogP contribution in [0.2, 0.25) is 0 Å². The summed E-state index contributed by atoms with van der Waals surface area (Å²) in [5.74, 6) is 1.62. The van der Waals surface area contributed by atoms with Crippen LogP contribution in [0, 0.1) is 13.8 Å². The number of carbonyl (C=O) groups is 1. The van der Waals surface area contributed by atoms with E-state index in [2.05, 4.69) is 27.1 Å². The molecule has 4 aromatic rings. The third-order valence-electron chi connectivity index (χ3n) is 5.97. The van der Waals surface area contributed by atoms with Crippen molar-refractivity contribution in [1.29, 1.82) is 0 Å². The van der Waals surface area contributed by atoms with Crippen LogP contribution in [-0.4, -0.2) is 51.5 Å². The molecule has 0 aliphatic carbocycles. The third-order valence-corrected chi connectivity index (χ3v) is 5.97. The number of amides is 1. The number of para-hydroxylation sites is 2. The first-order chi connectivity index (χ1) is 16.5. The Hall–Kier alpha value is -4.14. The topological polar surface area (TPSA) is 96.5 Å². The van der Waals surface area contributed by atoms with Gasteiger partial charge in [0.2, 0.25) is 5.91 Å². The quantitative estimate of drug-likeness (QED) is 0.491. The molecular weight excluding hydrogens is 432 g/mol. The van der Waals surface area contributed by atoms with Gasteiger partial charge >= 0.3 is 5.76 Å². The number of nitrogens with one attached hydrogen (secondary N) is 1. The fraction of sp³-hybridized carbons (Fsp3) is 0.280. The molecule has 0 radical (unpaired) electrons. The van der Waals surface area contributed by atoms with Crippen LogP contribution in [0.1, 0.15) is 11.4 Å². The second-order valence-corrected chi connectivity index (χ2v) is 8.44. The van der Waals surface area contributed by atoms with E-state index in [1.54, 1.807) is 23.1 Å². The van der Waals surface area contributed by atoms with Crippen LogP contribution in [0.4, 0.5) is 17.3 Å². The molecule has 1 amide bonds. The maximum Gasteiger partial charge on any atom is 0.420 e. The van der Waals surface area contributed by atoms with Crippen LogP contribution in [0.25, 0.3) is 11.1 Å². The van der Waals surface area contributed by atoms with Gasteiger partial charge in [0, 0.05) is 37.9 Å². The highest BCUT2D eigenvalue weighted by Gasteiger charge is 2.24. The Morgan fingerprint density at radius 3 is 2.50 bits per heavy atom. The van der Waals surface area contributed by atoms with Crippen molar-refractivity contribution < 1.29 is 9.21 Å². The van der Waals surface area contributed by atoms with Crippen LogP contribution in [-0.2, 0) is 11.3 Å². The lowest BCUT2D eigenvalue weighted by molar-refractivity contribution is -0.132. The predicted octanol–water partition coefficient (Wildman–Crippen LogP) is 3.09. The maximum absolute atomic E-state index is 12.9. The highest BCUT2D eigenvalue weighted by molar-refractivity contribution is 5.80. The van der Waals surface area contributed by atoms with Gasteiger partial charge in [-0.3, -0.25) is 9.36 Å². The number of aryl methyl sites for hydroxylation is 2. The van der Waals surface area contributed by atoms with Crippen molar-refractivity contribution >= 4 is 34.3 Å². The number of aromatic nitrogens is 3. The number of hydrogen-bond donors (Lipinski definition) is 1. The minimum absolute atomic E-state index is 0.0346. The van der Waals surface area contributed by atoms with Crippen molar-refractivity contribution in [2.75, 3.05) is 36.4 Å². The van der Waals surface area contributed by atoms with E-state index in [4.69, 9.17) is 4.42 Å². The van der Waals surface area contributed by atoms with Crippen molar-refractivity contribution in [2.24, 2.45) is 0 Å². The summed E-state index contributed by atoms with van der Waals surface area (Å²) in [7, 11) is 0. The first-order valence-corrected chi connectivity index (χ1v) is 11.3. The monoisotopic (exact) mass is 458 g/mol. The zero-order valence-corrected chi connectivity index (χ0v) is 19.2. The molecule has 0 atom stereocenters. The zero-order valence-electron chi connectivity index (χ0n) is 19.2. The molecule has 1 N–H and O–H groups in total. The Kier molecular flexibility index (Phi) is 5.75. The SMILES string of the molecule is Cc1ccc(Nc2cc(N3CCN(C(=O)Cn4c(=O)oc5ccccc54)CC3)nc(C)n2)cc1. The molecule has 1 fully saturated rings. The van der Waals surface area contributed by atoms with Gasteiger partial charge in [-0.25, -0.2) is 14.8 Å². The summed E-state index contributed by atoms with van der Waals surface area (Å²) in [5.41, 5.74) is 3.28. The van der Waals surface area contributed by atoms with Crippen molar-refractivity contribution in [3.8, 4) is 0 Å². The zero-order chi connectivity index (χ0) is 23.7. The Morgan fingerprint density at radius 2 is 1.74 bits per heavy atom. The largest absolute Gasteiger partial charge is 0.420 e. The fourth-order valence-corrected chi connectivity index (χ4v) is 4.15. The Morgan fingerprint density at radius 1 is 1.00 bits per heavy atom. The van der Waals surface area contributed by atoms with Crippen LogP contribution in [0.15, 0.2) is 63.8 Å². The van der Waals surface area contributed by atoms with E-state index in [1.807, 2.05) is 43.3 Å². The third kappa shape index (κ3) is 4.50. The van der Waals surface area contributed by atoms with Gasteiger partial charge in [-0.05, 0) is 38.1 Å². The highest BCUT2D eigenvalue weighted by atomic mass is 16.4. The van der Waals surface area contributed by atoms with Crippen LogP contribution >= 0.6 is 0 Å². The van der Waals surface area contributed by atoms with E-state index in [-0.39, 0.29) is 12.5 Å². The molecule has 34 heavy (non-hydrogen) atoms. The first kappa shape index (κ1) is 21.7. The van der Waals surface area contributed by atoms with E-state index in [0.29, 0.717) is 43.1 Å². The molecule has 174 valence electrons. The number of rotatable bonds is 5. The number of fused-ring (bicyclic) bond motifs is 1. The molecule has 0 unspecified atom stereocenters. The van der Waals surface area contributed by atoms with E-state index < -0.39 is 5.76 Å². The summed E-state index contributed by atoms with van der Waals surface area (Å²) >= 11 is 0. The first-order valence-electron chi connectivity index (χ1n) is 11.3. The standard InChI is InChI=1S/C25H26N6O3/c1-17-7-9-19(10-8-17)28-22-15-23(27-18(2)26-22)29-11-13-30(14-12-29)24(32)16-31-20-5-3-4-6-21(20)34-25(31)33/h3-10,15H,11-14,16H2,1-2H3,(H,26,27,28). The predicted molar refractivity (Wildman–Crippen MR) is 130 cm³/mol. The summed E-state index contributed by atoms with van der Waals surface area (Å²) in [6.07, 6.45) is 0. The molecule has 1 aliphatic heterocycles. The molecule has 9 heteroatoms. The minimum Gasteiger partial charge on any atom is -0.408 e. The highest BCUT2D eigenvalue weighted by Crippen LogP contribution is 2.21. The van der Waals surface area contributed by atoms with Gasteiger partial charge < -0.3 is 19.5 Å². The number of carbonyl (C=O) groups excluding carboxylic acids is 1. The van der Waals surface area contributed by atoms with Gasteiger partial charge in [-0.2, -0.15) is 0 Å². The molecule has 1 aliphatic rings. The number of hydrogen-bond acceptors (Lipinski definition) is 7. The second-order valence-electron chi connectivity index (χ2n) is 8.44. The Balaban J connectivity index is 1.24. The summed E-state index contributed by atoms with van der Waals surface area (Å²) < 4.78 is 6.63. The van der Waals surface area contributed by atoms with Gasteiger partial charge in [0.1, 0.15) is 24.0 Å².